The Hall–Kier alpha value is -3.54. The summed E-state index contributed by atoms with van der Waals surface area (Å²) in [6, 6.07) is 17.4. The van der Waals surface area contributed by atoms with Gasteiger partial charge in [0.2, 0.25) is 5.96 Å². The van der Waals surface area contributed by atoms with Gasteiger partial charge in [-0.15, -0.1) is 0 Å². The Morgan fingerprint density at radius 3 is 2.54 bits per heavy atom. The predicted octanol–water partition coefficient (Wildman–Crippen LogP) is 2.51. The fourth-order valence-corrected chi connectivity index (χ4v) is 2.96. The monoisotopic (exact) mass is 346 g/mol. The molecule has 0 unspecified atom stereocenters. The minimum atomic E-state index is -0.222. The molecular weight excluding hydrogens is 328 g/mol. The van der Waals surface area contributed by atoms with Gasteiger partial charge in [0.25, 0.3) is 5.91 Å². The van der Waals surface area contributed by atoms with Crippen LogP contribution in [0.2, 0.25) is 0 Å². The molecule has 2 N–H and O–H groups in total. The number of ether oxygens (including phenoxy) is 1. The van der Waals surface area contributed by atoms with Crippen molar-refractivity contribution in [3.8, 4) is 5.75 Å². The van der Waals surface area contributed by atoms with Crippen LogP contribution in [0.4, 0.5) is 0 Å². The van der Waals surface area contributed by atoms with E-state index in [4.69, 9.17) is 10.5 Å². The Kier molecular flexibility index (Phi) is 3.93. The van der Waals surface area contributed by atoms with Gasteiger partial charge in [-0.3, -0.25) is 4.79 Å². The number of nitrogens with two attached hydrogens (primary N) is 1. The van der Waals surface area contributed by atoms with Gasteiger partial charge in [-0.2, -0.15) is 0 Å². The second-order valence-corrected chi connectivity index (χ2v) is 6.02. The van der Waals surface area contributed by atoms with E-state index in [9.17, 15) is 4.79 Å². The van der Waals surface area contributed by atoms with Crippen molar-refractivity contribution >= 4 is 17.9 Å². The lowest BCUT2D eigenvalue weighted by atomic mass is 10.2. The van der Waals surface area contributed by atoms with Crippen LogP contribution in [0, 0.1) is 0 Å². The Bertz CT molecular complexity index is 930. The number of benzene rings is 2. The highest BCUT2D eigenvalue weighted by molar-refractivity contribution is 6.16. The molecule has 6 heteroatoms. The van der Waals surface area contributed by atoms with E-state index in [1.807, 2.05) is 59.5 Å². The first-order valence-electron chi connectivity index (χ1n) is 8.22. The fraction of sp³-hybridized carbons (Fsp3) is 0.100. The van der Waals surface area contributed by atoms with Gasteiger partial charge >= 0.3 is 0 Å². The Morgan fingerprint density at radius 1 is 1.12 bits per heavy atom. The zero-order chi connectivity index (χ0) is 18.1. The molecular formula is C20H18N4O2. The number of methoxy groups -OCH3 is 1. The first-order valence-corrected chi connectivity index (χ1v) is 8.22. The lowest BCUT2D eigenvalue weighted by Crippen LogP contribution is -2.35. The van der Waals surface area contributed by atoms with Gasteiger partial charge in [0, 0.05) is 6.20 Å². The lowest BCUT2D eigenvalue weighted by Gasteiger charge is -2.17. The second kappa shape index (κ2) is 6.40. The Labute approximate surface area is 151 Å². The first kappa shape index (κ1) is 16.0. The molecule has 0 aliphatic carbocycles. The van der Waals surface area contributed by atoms with Gasteiger partial charge in [0.15, 0.2) is 0 Å². The van der Waals surface area contributed by atoms with Gasteiger partial charge in [-0.1, -0.05) is 42.5 Å². The van der Waals surface area contributed by atoms with E-state index in [1.54, 1.807) is 19.4 Å². The van der Waals surface area contributed by atoms with E-state index in [0.29, 0.717) is 24.0 Å². The third kappa shape index (κ3) is 2.82. The van der Waals surface area contributed by atoms with Gasteiger partial charge in [-0.25, -0.2) is 9.89 Å². The molecule has 0 atom stereocenters. The van der Waals surface area contributed by atoms with Crippen molar-refractivity contribution in [1.29, 1.82) is 0 Å². The van der Waals surface area contributed by atoms with Gasteiger partial charge in [0.1, 0.15) is 17.3 Å². The molecule has 2 aromatic carbocycles. The third-order valence-corrected chi connectivity index (χ3v) is 4.26. The number of amides is 1. The number of guanidine groups is 1. The van der Waals surface area contributed by atoms with Gasteiger partial charge in [-0.05, 0) is 29.3 Å². The molecule has 0 fully saturated rings. The standard InChI is InChI=1S/C20H18N4O2/c1-26-16-9-7-14(8-10-16)11-17-19(25)24-18(21)13-23(20(24)22-17)12-15-5-3-2-4-6-15/h2-11,13H,12,21H2,1H3. The number of hydrogen-bond donors (Lipinski definition) is 1. The molecule has 6 nitrogen and oxygen atoms in total. The second-order valence-electron chi connectivity index (χ2n) is 6.02. The minimum absolute atomic E-state index is 0.222. The highest BCUT2D eigenvalue weighted by Crippen LogP contribution is 2.28. The highest BCUT2D eigenvalue weighted by atomic mass is 16.5. The largest absolute Gasteiger partial charge is 0.497 e. The number of hydrogen-bond acceptors (Lipinski definition) is 5. The molecule has 0 radical (unpaired) electrons. The molecule has 0 saturated heterocycles. The van der Waals surface area contributed by atoms with Crippen LogP contribution in [-0.2, 0) is 11.3 Å². The Morgan fingerprint density at radius 2 is 1.85 bits per heavy atom. The summed E-state index contributed by atoms with van der Waals surface area (Å²) in [5.74, 6) is 1.46. The SMILES string of the molecule is COc1ccc(C=C2N=C3N(Cc4ccccc4)C=C(N)N3C2=O)cc1. The van der Waals surface area contributed by atoms with E-state index in [-0.39, 0.29) is 5.91 Å². The van der Waals surface area contributed by atoms with E-state index in [1.165, 1.54) is 4.90 Å². The summed E-state index contributed by atoms with van der Waals surface area (Å²) in [6.45, 7) is 0.597. The van der Waals surface area contributed by atoms with E-state index in [2.05, 4.69) is 4.99 Å². The minimum Gasteiger partial charge on any atom is -0.497 e. The summed E-state index contributed by atoms with van der Waals surface area (Å²) < 4.78 is 5.15. The maximum absolute atomic E-state index is 12.7. The zero-order valence-corrected chi connectivity index (χ0v) is 14.3. The van der Waals surface area contributed by atoms with Crippen molar-refractivity contribution in [3.05, 3.63) is 83.4 Å². The number of rotatable bonds is 4. The summed E-state index contributed by atoms with van der Waals surface area (Å²) in [5.41, 5.74) is 8.39. The molecule has 0 aromatic heterocycles. The summed E-state index contributed by atoms with van der Waals surface area (Å²) in [7, 11) is 1.62. The van der Waals surface area contributed by atoms with Crippen molar-refractivity contribution in [2.45, 2.75) is 6.54 Å². The summed E-state index contributed by atoms with van der Waals surface area (Å²) in [5, 5.41) is 0. The molecule has 0 bridgehead atoms. The zero-order valence-electron chi connectivity index (χ0n) is 14.3. The van der Waals surface area contributed by atoms with Crippen LogP contribution in [0.3, 0.4) is 0 Å². The molecule has 0 spiro atoms. The topological polar surface area (TPSA) is 71.2 Å². The molecule has 0 saturated carbocycles. The normalized spacial score (nSPS) is 17.4. The molecule has 2 aliphatic rings. The van der Waals surface area contributed by atoms with E-state index >= 15 is 0 Å². The molecule has 1 amide bonds. The fourth-order valence-electron chi connectivity index (χ4n) is 2.96. The third-order valence-electron chi connectivity index (χ3n) is 4.26. The van der Waals surface area contributed by atoms with Gasteiger partial charge in [0.05, 0.1) is 13.7 Å². The number of carbonyl (C=O) groups excluding carboxylic acids is 1. The van der Waals surface area contributed by atoms with Crippen molar-refractivity contribution < 1.29 is 9.53 Å². The summed E-state index contributed by atoms with van der Waals surface area (Å²) in [4.78, 5) is 20.5. The molecule has 2 aromatic rings. The van der Waals surface area contributed by atoms with Crippen LogP contribution in [0.25, 0.3) is 6.08 Å². The van der Waals surface area contributed by atoms with Gasteiger partial charge < -0.3 is 15.4 Å². The summed E-state index contributed by atoms with van der Waals surface area (Å²) in [6.07, 6.45) is 3.50. The molecule has 4 rings (SSSR count). The Balaban J connectivity index is 1.62. The highest BCUT2D eigenvalue weighted by Gasteiger charge is 2.39. The van der Waals surface area contributed by atoms with Crippen LogP contribution < -0.4 is 10.5 Å². The van der Waals surface area contributed by atoms with Crippen molar-refractivity contribution in [2.24, 2.45) is 10.7 Å². The van der Waals surface area contributed by atoms with Crippen LogP contribution in [0.5, 0.6) is 5.75 Å². The van der Waals surface area contributed by atoms with Crippen LogP contribution in [0.1, 0.15) is 11.1 Å². The quantitative estimate of drug-likeness (QED) is 0.864. The first-order chi connectivity index (χ1) is 12.7. The number of fused-ring (bicyclic) bond motifs is 1. The smallest absolute Gasteiger partial charge is 0.285 e. The number of carbonyl (C=O) groups is 1. The van der Waals surface area contributed by atoms with E-state index < -0.39 is 0 Å². The van der Waals surface area contributed by atoms with Crippen LogP contribution in [-0.4, -0.2) is 28.8 Å². The molecule has 2 heterocycles. The van der Waals surface area contributed by atoms with Crippen molar-refractivity contribution in [2.75, 3.05) is 7.11 Å². The predicted molar refractivity (Wildman–Crippen MR) is 99.5 cm³/mol. The van der Waals surface area contributed by atoms with Crippen LogP contribution in [0.15, 0.2) is 77.3 Å². The molecule has 26 heavy (non-hydrogen) atoms. The van der Waals surface area contributed by atoms with E-state index in [0.717, 1.165) is 16.9 Å². The van der Waals surface area contributed by atoms with Crippen molar-refractivity contribution in [1.82, 2.24) is 9.80 Å². The van der Waals surface area contributed by atoms with Crippen LogP contribution >= 0.6 is 0 Å². The van der Waals surface area contributed by atoms with Crippen molar-refractivity contribution in [3.63, 3.8) is 0 Å². The summed E-state index contributed by atoms with van der Waals surface area (Å²) >= 11 is 0. The maximum Gasteiger partial charge on any atom is 0.285 e. The number of nitrogens with zero attached hydrogens (tertiary/aromatic N) is 3. The molecule has 130 valence electrons. The number of aliphatic imine (C=N–C) groups is 1. The molecule has 2 aliphatic heterocycles. The maximum atomic E-state index is 12.7. The lowest BCUT2D eigenvalue weighted by molar-refractivity contribution is -0.121. The average Bonchev–Trinajstić information content (AvgIpc) is 3.14. The average molecular weight is 346 g/mol.